The molecule has 0 aliphatic heterocycles. The Bertz CT molecular complexity index is 496. The van der Waals surface area contributed by atoms with Gasteiger partial charge in [-0.3, -0.25) is 4.79 Å². The van der Waals surface area contributed by atoms with Gasteiger partial charge in [0.1, 0.15) is 5.82 Å². The van der Waals surface area contributed by atoms with Gasteiger partial charge in [0, 0.05) is 5.92 Å². The zero-order chi connectivity index (χ0) is 14.2. The molecule has 0 heterocycles. The Morgan fingerprint density at radius 1 is 1.30 bits per heavy atom. The van der Waals surface area contributed by atoms with Crippen molar-refractivity contribution >= 4 is 5.91 Å². The highest BCUT2D eigenvalue weighted by molar-refractivity contribution is 5.80. The first-order chi connectivity index (χ1) is 9.64. The van der Waals surface area contributed by atoms with Crippen LogP contribution in [0.4, 0.5) is 4.39 Å². The Kier molecular flexibility index (Phi) is 3.50. The molecule has 0 saturated heterocycles. The van der Waals surface area contributed by atoms with Crippen LogP contribution in [0.2, 0.25) is 0 Å². The van der Waals surface area contributed by atoms with E-state index in [4.69, 9.17) is 5.73 Å². The number of benzene rings is 1. The fourth-order valence-electron chi connectivity index (χ4n) is 3.37. The third kappa shape index (κ3) is 2.44. The molecule has 0 spiro atoms. The number of carbonyl (C=O) groups excluding carboxylic acids is 1. The molecule has 1 aromatic rings. The van der Waals surface area contributed by atoms with E-state index in [1.54, 1.807) is 12.1 Å². The van der Waals surface area contributed by atoms with Gasteiger partial charge in [-0.05, 0) is 55.8 Å². The highest BCUT2D eigenvalue weighted by Crippen LogP contribution is 2.46. The monoisotopic (exact) mass is 276 g/mol. The van der Waals surface area contributed by atoms with Crippen LogP contribution in [0.5, 0.6) is 0 Å². The van der Waals surface area contributed by atoms with E-state index in [2.05, 4.69) is 5.32 Å². The first-order valence-electron chi connectivity index (χ1n) is 7.43. The number of hydrogen-bond donors (Lipinski definition) is 2. The first-order valence-corrected chi connectivity index (χ1v) is 7.43. The number of nitrogens with two attached hydrogens (primary N) is 1. The molecule has 0 aromatic heterocycles. The molecule has 20 heavy (non-hydrogen) atoms. The number of halogens is 1. The van der Waals surface area contributed by atoms with E-state index in [1.165, 1.54) is 12.1 Å². The summed E-state index contributed by atoms with van der Waals surface area (Å²) >= 11 is 0. The van der Waals surface area contributed by atoms with Crippen LogP contribution in [0.3, 0.4) is 0 Å². The number of nitrogens with one attached hydrogen (secondary N) is 1. The Morgan fingerprint density at radius 3 is 2.60 bits per heavy atom. The van der Waals surface area contributed by atoms with Crippen LogP contribution in [-0.4, -0.2) is 12.5 Å². The molecule has 2 saturated carbocycles. The molecule has 0 unspecified atom stereocenters. The van der Waals surface area contributed by atoms with Crippen LogP contribution in [-0.2, 0) is 10.3 Å². The third-order valence-electron chi connectivity index (χ3n) is 4.81. The van der Waals surface area contributed by atoms with Crippen LogP contribution < -0.4 is 11.1 Å². The summed E-state index contributed by atoms with van der Waals surface area (Å²) in [7, 11) is 0. The number of rotatable bonds is 4. The minimum absolute atomic E-state index is 0.0536. The van der Waals surface area contributed by atoms with E-state index in [0.717, 1.165) is 37.7 Å². The van der Waals surface area contributed by atoms with E-state index < -0.39 is 0 Å². The summed E-state index contributed by atoms with van der Waals surface area (Å²) in [4.78, 5) is 12.5. The molecule has 1 amide bonds. The van der Waals surface area contributed by atoms with Gasteiger partial charge < -0.3 is 11.1 Å². The molecule has 4 heteroatoms. The Morgan fingerprint density at radius 2 is 2.00 bits per heavy atom. The summed E-state index contributed by atoms with van der Waals surface area (Å²) in [5.74, 6) is 0.256. The van der Waals surface area contributed by atoms with Gasteiger partial charge >= 0.3 is 0 Å². The van der Waals surface area contributed by atoms with E-state index in [-0.39, 0.29) is 23.2 Å². The third-order valence-corrected chi connectivity index (χ3v) is 4.81. The van der Waals surface area contributed by atoms with Crippen molar-refractivity contribution in [2.75, 3.05) is 6.54 Å². The summed E-state index contributed by atoms with van der Waals surface area (Å²) in [5.41, 5.74) is 6.50. The second-order valence-electron chi connectivity index (χ2n) is 6.11. The Hall–Kier alpha value is -1.42. The molecular formula is C16H21FN2O. The molecule has 108 valence electrons. The van der Waals surface area contributed by atoms with Crippen LogP contribution >= 0.6 is 0 Å². The number of hydrogen-bond acceptors (Lipinski definition) is 2. The van der Waals surface area contributed by atoms with Crippen molar-refractivity contribution in [3.8, 4) is 0 Å². The maximum absolute atomic E-state index is 13.0. The first kappa shape index (κ1) is 13.6. The largest absolute Gasteiger partial charge is 0.346 e. The van der Waals surface area contributed by atoms with Crippen LogP contribution in [0.25, 0.3) is 0 Å². The van der Waals surface area contributed by atoms with E-state index >= 15 is 0 Å². The SMILES string of the molecule is NC[C@H]1CCC[C@H]1C(=O)NC1(c2ccc(F)cc2)CC1. The molecule has 2 aliphatic carbocycles. The zero-order valence-electron chi connectivity index (χ0n) is 11.6. The zero-order valence-corrected chi connectivity index (χ0v) is 11.6. The Labute approximate surface area is 118 Å². The predicted octanol–water partition coefficient (Wildman–Crippen LogP) is 2.31. The second-order valence-corrected chi connectivity index (χ2v) is 6.11. The second kappa shape index (κ2) is 5.17. The molecule has 3 nitrogen and oxygen atoms in total. The fraction of sp³-hybridized carbons (Fsp3) is 0.562. The van der Waals surface area contributed by atoms with Crippen LogP contribution in [0, 0.1) is 17.7 Å². The van der Waals surface area contributed by atoms with Gasteiger partial charge in [-0.15, -0.1) is 0 Å². The van der Waals surface area contributed by atoms with Crippen LogP contribution in [0.15, 0.2) is 24.3 Å². The molecule has 1 aromatic carbocycles. The average Bonchev–Trinajstić information content (AvgIpc) is 3.05. The van der Waals surface area contributed by atoms with Gasteiger partial charge in [0.15, 0.2) is 0 Å². The van der Waals surface area contributed by atoms with Gasteiger partial charge in [-0.25, -0.2) is 4.39 Å². The van der Waals surface area contributed by atoms with Crippen molar-refractivity contribution in [2.45, 2.75) is 37.6 Å². The quantitative estimate of drug-likeness (QED) is 0.886. The average molecular weight is 276 g/mol. The molecule has 0 bridgehead atoms. The van der Waals surface area contributed by atoms with Crippen molar-refractivity contribution in [3.63, 3.8) is 0 Å². The normalized spacial score (nSPS) is 27.3. The van der Waals surface area contributed by atoms with Gasteiger partial charge in [-0.1, -0.05) is 18.6 Å². The standard InChI is InChI=1S/C16H21FN2O/c17-13-6-4-12(5-7-13)16(8-9-16)19-15(20)14-3-1-2-11(14)10-18/h4-7,11,14H,1-3,8-10,18H2,(H,19,20)/t11-,14-/m1/s1. The van der Waals surface area contributed by atoms with Gasteiger partial charge in [0.05, 0.1) is 5.54 Å². The maximum atomic E-state index is 13.0. The Balaban J connectivity index is 1.70. The molecule has 2 atom stereocenters. The summed E-state index contributed by atoms with van der Waals surface area (Å²) in [6.45, 7) is 0.585. The number of carbonyl (C=O) groups is 1. The van der Waals surface area contributed by atoms with E-state index in [0.29, 0.717) is 12.5 Å². The topological polar surface area (TPSA) is 55.1 Å². The minimum Gasteiger partial charge on any atom is -0.346 e. The van der Waals surface area contributed by atoms with Crippen LogP contribution in [0.1, 0.15) is 37.7 Å². The predicted molar refractivity (Wildman–Crippen MR) is 75.3 cm³/mol. The van der Waals surface area contributed by atoms with Crippen molar-refractivity contribution in [1.82, 2.24) is 5.32 Å². The highest BCUT2D eigenvalue weighted by atomic mass is 19.1. The minimum atomic E-state index is -0.257. The maximum Gasteiger partial charge on any atom is 0.224 e. The lowest BCUT2D eigenvalue weighted by Crippen LogP contribution is -2.41. The van der Waals surface area contributed by atoms with Crippen molar-refractivity contribution in [1.29, 1.82) is 0 Å². The smallest absolute Gasteiger partial charge is 0.224 e. The van der Waals surface area contributed by atoms with Gasteiger partial charge in [0.2, 0.25) is 5.91 Å². The van der Waals surface area contributed by atoms with Crippen molar-refractivity contribution in [3.05, 3.63) is 35.6 Å². The summed E-state index contributed by atoms with van der Waals surface area (Å²) in [6, 6.07) is 6.47. The summed E-state index contributed by atoms with van der Waals surface area (Å²) < 4.78 is 13.0. The van der Waals surface area contributed by atoms with Gasteiger partial charge in [0.25, 0.3) is 0 Å². The molecule has 3 N–H and O–H groups in total. The fourth-order valence-corrected chi connectivity index (χ4v) is 3.37. The summed E-state index contributed by atoms with van der Waals surface area (Å²) in [6.07, 6.45) is 4.95. The van der Waals surface area contributed by atoms with Crippen molar-refractivity contribution < 1.29 is 9.18 Å². The van der Waals surface area contributed by atoms with E-state index in [1.807, 2.05) is 0 Å². The lowest BCUT2D eigenvalue weighted by Gasteiger charge is -2.23. The molecule has 2 fully saturated rings. The van der Waals surface area contributed by atoms with Crippen molar-refractivity contribution in [2.24, 2.45) is 17.6 Å². The molecule has 0 radical (unpaired) electrons. The lowest BCUT2D eigenvalue weighted by atomic mass is 9.94. The molecular weight excluding hydrogens is 255 g/mol. The molecule has 2 aliphatic rings. The number of amides is 1. The van der Waals surface area contributed by atoms with E-state index in [9.17, 15) is 9.18 Å². The lowest BCUT2D eigenvalue weighted by molar-refractivity contribution is -0.127. The summed E-state index contributed by atoms with van der Waals surface area (Å²) in [5, 5.41) is 3.19. The van der Waals surface area contributed by atoms with Gasteiger partial charge in [-0.2, -0.15) is 0 Å². The highest BCUT2D eigenvalue weighted by Gasteiger charge is 2.47. The molecule has 3 rings (SSSR count).